The topological polar surface area (TPSA) is 97.1 Å². The van der Waals surface area contributed by atoms with Gasteiger partial charge in [0.1, 0.15) is 6.61 Å². The highest BCUT2D eigenvalue weighted by atomic mass is 16.5. The van der Waals surface area contributed by atoms with Crippen molar-refractivity contribution >= 4 is 5.91 Å². The first-order valence-corrected chi connectivity index (χ1v) is 8.77. The number of aryl methyl sites for hydroxylation is 2. The molecule has 1 saturated heterocycles. The molecule has 0 bridgehead atoms. The van der Waals surface area contributed by atoms with Gasteiger partial charge in [-0.25, -0.2) is 0 Å². The summed E-state index contributed by atoms with van der Waals surface area (Å²) in [5.41, 5.74) is 2.83. The Morgan fingerprint density at radius 1 is 1.40 bits per heavy atom. The Hall–Kier alpha value is -2.22. The lowest BCUT2D eigenvalue weighted by molar-refractivity contribution is -0.147. The number of rotatable bonds is 6. The standard InChI is InChI=1S/C17H23N5O3/c1-9(15-10(2)19-20-11(15)3)17(23)22-6-13(7-22)24-8-14-18-16(21-25-14)12-4-5-12/h9,12-13H,4-8H2,1-3H3,(H,19,20). The zero-order valence-corrected chi connectivity index (χ0v) is 14.8. The van der Waals surface area contributed by atoms with E-state index in [9.17, 15) is 4.79 Å². The second-order valence-electron chi connectivity index (χ2n) is 7.07. The number of hydrogen-bond donors (Lipinski definition) is 1. The molecule has 1 amide bonds. The molecule has 4 rings (SSSR count). The van der Waals surface area contributed by atoms with Crippen molar-refractivity contribution in [3.8, 4) is 0 Å². The summed E-state index contributed by atoms with van der Waals surface area (Å²) in [6, 6.07) is 0. The van der Waals surface area contributed by atoms with Gasteiger partial charge in [-0.05, 0) is 33.6 Å². The van der Waals surface area contributed by atoms with E-state index < -0.39 is 0 Å². The van der Waals surface area contributed by atoms with Crippen molar-refractivity contribution in [2.24, 2.45) is 0 Å². The third kappa shape index (κ3) is 3.18. The lowest BCUT2D eigenvalue weighted by atomic mass is 9.96. The van der Waals surface area contributed by atoms with E-state index in [0.29, 0.717) is 31.5 Å². The van der Waals surface area contributed by atoms with Gasteiger partial charge in [-0.3, -0.25) is 9.89 Å². The van der Waals surface area contributed by atoms with Crippen LogP contribution in [0.15, 0.2) is 4.52 Å². The van der Waals surface area contributed by atoms with E-state index in [0.717, 1.165) is 35.6 Å². The fraction of sp³-hybridized carbons (Fsp3) is 0.647. The fourth-order valence-corrected chi connectivity index (χ4v) is 3.34. The average molecular weight is 345 g/mol. The summed E-state index contributed by atoms with van der Waals surface area (Å²) in [4.78, 5) is 18.8. The smallest absolute Gasteiger partial charge is 0.252 e. The first kappa shape index (κ1) is 16.3. The highest BCUT2D eigenvalue weighted by molar-refractivity contribution is 5.84. The van der Waals surface area contributed by atoms with Gasteiger partial charge < -0.3 is 14.2 Å². The predicted octanol–water partition coefficient (Wildman–Crippen LogP) is 1.82. The van der Waals surface area contributed by atoms with E-state index >= 15 is 0 Å². The van der Waals surface area contributed by atoms with Crippen LogP contribution in [-0.4, -0.2) is 50.3 Å². The van der Waals surface area contributed by atoms with E-state index in [1.165, 1.54) is 0 Å². The molecule has 1 unspecified atom stereocenters. The summed E-state index contributed by atoms with van der Waals surface area (Å²) >= 11 is 0. The third-order valence-electron chi connectivity index (χ3n) is 5.02. The van der Waals surface area contributed by atoms with Crippen LogP contribution in [0.1, 0.15) is 60.3 Å². The Balaban J connectivity index is 1.26. The molecule has 1 N–H and O–H groups in total. The summed E-state index contributed by atoms with van der Waals surface area (Å²) in [7, 11) is 0. The summed E-state index contributed by atoms with van der Waals surface area (Å²) in [6.07, 6.45) is 2.32. The van der Waals surface area contributed by atoms with Crippen LogP contribution < -0.4 is 0 Å². The molecule has 1 aliphatic carbocycles. The first-order valence-electron chi connectivity index (χ1n) is 8.77. The Labute approximate surface area is 145 Å². The molecular weight excluding hydrogens is 322 g/mol. The number of aromatic nitrogens is 4. The maximum absolute atomic E-state index is 12.6. The molecule has 1 aliphatic heterocycles. The van der Waals surface area contributed by atoms with Gasteiger partial charge in [0.05, 0.1) is 17.7 Å². The van der Waals surface area contributed by atoms with Crippen molar-refractivity contribution < 1.29 is 14.1 Å². The van der Waals surface area contributed by atoms with Crippen molar-refractivity contribution in [2.75, 3.05) is 13.1 Å². The maximum Gasteiger partial charge on any atom is 0.252 e. The average Bonchev–Trinajstić information content (AvgIpc) is 3.20. The van der Waals surface area contributed by atoms with E-state index in [-0.39, 0.29) is 17.9 Å². The van der Waals surface area contributed by atoms with Crippen molar-refractivity contribution in [3.05, 3.63) is 28.7 Å². The molecule has 2 aliphatic rings. The molecule has 2 fully saturated rings. The minimum Gasteiger partial charge on any atom is -0.365 e. The minimum atomic E-state index is -0.197. The largest absolute Gasteiger partial charge is 0.365 e. The van der Waals surface area contributed by atoms with Crippen molar-refractivity contribution in [1.29, 1.82) is 0 Å². The number of nitrogens with one attached hydrogen (secondary N) is 1. The Kier molecular flexibility index (Phi) is 4.07. The van der Waals surface area contributed by atoms with Crippen molar-refractivity contribution in [1.82, 2.24) is 25.2 Å². The van der Waals surface area contributed by atoms with Crippen LogP contribution >= 0.6 is 0 Å². The third-order valence-corrected chi connectivity index (χ3v) is 5.02. The van der Waals surface area contributed by atoms with Crippen LogP contribution in [0.5, 0.6) is 0 Å². The highest BCUT2D eigenvalue weighted by Gasteiger charge is 2.36. The van der Waals surface area contributed by atoms with E-state index in [4.69, 9.17) is 9.26 Å². The van der Waals surface area contributed by atoms with Crippen LogP contribution in [0, 0.1) is 13.8 Å². The molecule has 25 heavy (non-hydrogen) atoms. The van der Waals surface area contributed by atoms with Gasteiger partial charge in [0.15, 0.2) is 5.82 Å². The van der Waals surface area contributed by atoms with Crippen LogP contribution in [-0.2, 0) is 16.1 Å². The Morgan fingerprint density at radius 2 is 2.16 bits per heavy atom. The molecule has 0 radical (unpaired) electrons. The SMILES string of the molecule is Cc1n[nH]c(C)c1C(C)C(=O)N1CC(OCc2nc(C3CC3)no2)C1. The van der Waals surface area contributed by atoms with Crippen molar-refractivity contribution in [2.45, 2.75) is 58.2 Å². The number of ether oxygens (including phenoxy) is 1. The van der Waals surface area contributed by atoms with Crippen LogP contribution in [0.2, 0.25) is 0 Å². The molecule has 0 spiro atoms. The molecule has 1 saturated carbocycles. The van der Waals surface area contributed by atoms with Crippen LogP contribution in [0.3, 0.4) is 0 Å². The Bertz CT molecular complexity index is 754. The number of carbonyl (C=O) groups excluding carboxylic acids is 1. The molecule has 8 nitrogen and oxygen atoms in total. The van der Waals surface area contributed by atoms with Gasteiger partial charge >= 0.3 is 0 Å². The molecule has 2 aromatic rings. The number of likely N-dealkylation sites (tertiary alicyclic amines) is 1. The van der Waals surface area contributed by atoms with Gasteiger partial charge in [0.25, 0.3) is 5.89 Å². The molecule has 134 valence electrons. The van der Waals surface area contributed by atoms with E-state index in [2.05, 4.69) is 20.3 Å². The summed E-state index contributed by atoms with van der Waals surface area (Å²) in [5.74, 6) is 1.71. The van der Waals surface area contributed by atoms with Crippen molar-refractivity contribution in [3.63, 3.8) is 0 Å². The summed E-state index contributed by atoms with van der Waals surface area (Å²) in [6.45, 7) is 7.30. The van der Waals surface area contributed by atoms with Gasteiger partial charge in [0, 0.05) is 30.3 Å². The molecule has 1 atom stereocenters. The zero-order chi connectivity index (χ0) is 17.6. The predicted molar refractivity (Wildman–Crippen MR) is 87.9 cm³/mol. The minimum absolute atomic E-state index is 0.0268. The summed E-state index contributed by atoms with van der Waals surface area (Å²) in [5, 5.41) is 11.1. The van der Waals surface area contributed by atoms with Gasteiger partial charge in [0.2, 0.25) is 5.91 Å². The second-order valence-corrected chi connectivity index (χ2v) is 7.07. The Morgan fingerprint density at radius 3 is 2.80 bits per heavy atom. The van der Waals surface area contributed by atoms with E-state index in [1.54, 1.807) is 0 Å². The summed E-state index contributed by atoms with van der Waals surface area (Å²) < 4.78 is 11.0. The lowest BCUT2D eigenvalue weighted by Gasteiger charge is -2.40. The molecular formula is C17H23N5O3. The number of nitrogens with zero attached hydrogens (tertiary/aromatic N) is 4. The zero-order valence-electron chi connectivity index (χ0n) is 14.8. The normalized spacial score (nSPS) is 19.1. The number of aromatic amines is 1. The van der Waals surface area contributed by atoms with Crippen LogP contribution in [0.4, 0.5) is 0 Å². The maximum atomic E-state index is 12.6. The van der Waals surface area contributed by atoms with E-state index in [1.807, 2.05) is 25.7 Å². The van der Waals surface area contributed by atoms with Crippen LogP contribution in [0.25, 0.3) is 0 Å². The fourth-order valence-electron chi connectivity index (χ4n) is 3.34. The lowest BCUT2D eigenvalue weighted by Crippen LogP contribution is -2.55. The molecule has 0 aromatic carbocycles. The number of hydrogen-bond acceptors (Lipinski definition) is 6. The second kappa shape index (κ2) is 6.25. The number of amides is 1. The molecule has 8 heteroatoms. The quantitative estimate of drug-likeness (QED) is 0.858. The molecule has 2 aromatic heterocycles. The van der Waals surface area contributed by atoms with Gasteiger partial charge in [-0.15, -0.1) is 0 Å². The molecule has 3 heterocycles. The number of carbonyl (C=O) groups is 1. The van der Waals surface area contributed by atoms with Gasteiger partial charge in [-0.2, -0.15) is 10.1 Å². The number of H-pyrrole nitrogens is 1. The van der Waals surface area contributed by atoms with Gasteiger partial charge in [-0.1, -0.05) is 5.16 Å². The highest BCUT2D eigenvalue weighted by Crippen LogP contribution is 2.38. The monoisotopic (exact) mass is 345 g/mol. The first-order chi connectivity index (χ1) is 12.0.